The van der Waals surface area contributed by atoms with Crippen LogP contribution in [0, 0.1) is 5.92 Å². The molecule has 0 bridgehead atoms. The lowest BCUT2D eigenvalue weighted by Crippen LogP contribution is -2.39. The fraction of sp³-hybridized carbons (Fsp3) is 1.00. The Morgan fingerprint density at radius 2 is 1.80 bits per heavy atom. The molecule has 2 N–H and O–H groups in total. The second-order valence-electron chi connectivity index (χ2n) is 4.70. The maximum Gasteiger partial charge on any atom is 0.0446 e. The van der Waals surface area contributed by atoms with Crippen LogP contribution < -0.4 is 5.32 Å². The summed E-state index contributed by atoms with van der Waals surface area (Å²) in [7, 11) is 0. The molecule has 2 unspecified atom stereocenters. The monoisotopic (exact) mass is 233 g/mol. The van der Waals surface area contributed by atoms with Gasteiger partial charge in [-0.2, -0.15) is 11.8 Å². The van der Waals surface area contributed by atoms with Crippen molar-refractivity contribution in [1.82, 2.24) is 5.32 Å². The largest absolute Gasteiger partial charge is 0.396 e. The molecular formula is C12H27NOS. The molecule has 0 aromatic carbocycles. The maximum atomic E-state index is 8.95. The molecule has 15 heavy (non-hydrogen) atoms. The number of aliphatic hydroxyl groups excluding tert-OH is 1. The molecule has 0 heterocycles. The maximum absolute atomic E-state index is 8.95. The number of aliphatic hydroxyl groups is 1. The summed E-state index contributed by atoms with van der Waals surface area (Å²) in [5.74, 6) is 1.87. The lowest BCUT2D eigenvalue weighted by molar-refractivity contribution is 0.263. The number of rotatable bonds is 9. The number of thioether (sulfide) groups is 1. The van der Waals surface area contributed by atoms with E-state index in [0.29, 0.717) is 12.1 Å². The Kier molecular flexibility index (Phi) is 9.66. The standard InChI is InChI=1S/C12H27NOS/c1-10(2)5-6-11(3)13-12(7-8-14)9-15-4/h10-14H,5-9H2,1-4H3. The van der Waals surface area contributed by atoms with Gasteiger partial charge in [0.15, 0.2) is 0 Å². The summed E-state index contributed by atoms with van der Waals surface area (Å²) in [4.78, 5) is 0. The third-order valence-corrected chi connectivity index (χ3v) is 3.28. The highest BCUT2D eigenvalue weighted by Crippen LogP contribution is 2.09. The summed E-state index contributed by atoms with van der Waals surface area (Å²) >= 11 is 1.84. The lowest BCUT2D eigenvalue weighted by atomic mass is 10.0. The van der Waals surface area contributed by atoms with Crippen LogP contribution in [0.3, 0.4) is 0 Å². The number of hydrogen-bond donors (Lipinski definition) is 2. The number of nitrogens with one attached hydrogen (secondary N) is 1. The normalized spacial score (nSPS) is 15.6. The Hall–Kier alpha value is 0.270. The average Bonchev–Trinajstić information content (AvgIpc) is 2.15. The minimum Gasteiger partial charge on any atom is -0.396 e. The van der Waals surface area contributed by atoms with Crippen LogP contribution in [0.1, 0.15) is 40.0 Å². The molecule has 0 rings (SSSR count). The van der Waals surface area contributed by atoms with Gasteiger partial charge in [-0.05, 0) is 38.4 Å². The molecule has 92 valence electrons. The van der Waals surface area contributed by atoms with Crippen LogP contribution in [0.2, 0.25) is 0 Å². The van der Waals surface area contributed by atoms with Gasteiger partial charge in [0.1, 0.15) is 0 Å². The molecule has 0 aromatic heterocycles. The van der Waals surface area contributed by atoms with Gasteiger partial charge >= 0.3 is 0 Å². The van der Waals surface area contributed by atoms with E-state index in [0.717, 1.165) is 18.1 Å². The summed E-state index contributed by atoms with van der Waals surface area (Å²) in [6.07, 6.45) is 5.49. The van der Waals surface area contributed by atoms with E-state index < -0.39 is 0 Å². The zero-order valence-corrected chi connectivity index (χ0v) is 11.4. The van der Waals surface area contributed by atoms with Gasteiger partial charge in [-0.3, -0.25) is 0 Å². The topological polar surface area (TPSA) is 32.3 Å². The molecule has 0 aliphatic rings. The van der Waals surface area contributed by atoms with Crippen molar-refractivity contribution >= 4 is 11.8 Å². The van der Waals surface area contributed by atoms with Crippen LogP contribution >= 0.6 is 11.8 Å². The second-order valence-corrected chi connectivity index (χ2v) is 5.61. The first-order chi connectivity index (χ1) is 7.10. The van der Waals surface area contributed by atoms with Gasteiger partial charge < -0.3 is 10.4 Å². The van der Waals surface area contributed by atoms with E-state index in [9.17, 15) is 0 Å². The van der Waals surface area contributed by atoms with Gasteiger partial charge in [-0.25, -0.2) is 0 Å². The van der Waals surface area contributed by atoms with Crippen molar-refractivity contribution in [2.75, 3.05) is 18.6 Å². The molecule has 3 heteroatoms. The summed E-state index contributed by atoms with van der Waals surface area (Å²) < 4.78 is 0. The van der Waals surface area contributed by atoms with Gasteiger partial charge in [0, 0.05) is 24.4 Å². The van der Waals surface area contributed by atoms with Crippen LogP contribution in [-0.2, 0) is 0 Å². The molecule has 2 nitrogen and oxygen atoms in total. The predicted octanol–water partition coefficient (Wildman–Crippen LogP) is 2.51. The first-order valence-electron chi connectivity index (χ1n) is 5.96. The van der Waals surface area contributed by atoms with Crippen LogP contribution in [-0.4, -0.2) is 35.8 Å². The van der Waals surface area contributed by atoms with Crippen LogP contribution in [0.15, 0.2) is 0 Å². The summed E-state index contributed by atoms with van der Waals surface area (Å²) in [5.41, 5.74) is 0. The van der Waals surface area contributed by atoms with Gasteiger partial charge in [-0.15, -0.1) is 0 Å². The van der Waals surface area contributed by atoms with E-state index in [-0.39, 0.29) is 6.61 Å². The van der Waals surface area contributed by atoms with Crippen molar-refractivity contribution in [2.45, 2.75) is 52.1 Å². The van der Waals surface area contributed by atoms with E-state index >= 15 is 0 Å². The van der Waals surface area contributed by atoms with Crippen molar-refractivity contribution in [3.63, 3.8) is 0 Å². The highest BCUT2D eigenvalue weighted by molar-refractivity contribution is 7.98. The molecule has 0 saturated heterocycles. The predicted molar refractivity (Wildman–Crippen MR) is 70.5 cm³/mol. The Morgan fingerprint density at radius 1 is 1.13 bits per heavy atom. The highest BCUT2D eigenvalue weighted by atomic mass is 32.2. The van der Waals surface area contributed by atoms with Gasteiger partial charge in [0.25, 0.3) is 0 Å². The molecule has 0 saturated carbocycles. The zero-order valence-electron chi connectivity index (χ0n) is 10.6. The summed E-state index contributed by atoms with van der Waals surface area (Å²) in [5, 5.41) is 12.5. The minimum atomic E-state index is 0.287. The molecule has 0 aliphatic carbocycles. The quantitative estimate of drug-likeness (QED) is 0.642. The molecule has 0 spiro atoms. The Labute approximate surface area is 99.2 Å². The second kappa shape index (κ2) is 9.49. The Bertz CT molecular complexity index is 136. The number of hydrogen-bond acceptors (Lipinski definition) is 3. The molecular weight excluding hydrogens is 206 g/mol. The van der Waals surface area contributed by atoms with Crippen LogP contribution in [0.5, 0.6) is 0 Å². The first-order valence-corrected chi connectivity index (χ1v) is 7.35. The smallest absolute Gasteiger partial charge is 0.0446 e. The first kappa shape index (κ1) is 15.3. The molecule has 2 atom stereocenters. The van der Waals surface area contributed by atoms with E-state index in [1.807, 2.05) is 11.8 Å². The van der Waals surface area contributed by atoms with E-state index in [1.54, 1.807) is 0 Å². The van der Waals surface area contributed by atoms with Crippen molar-refractivity contribution in [3.8, 4) is 0 Å². The molecule has 0 aromatic rings. The van der Waals surface area contributed by atoms with Crippen molar-refractivity contribution in [1.29, 1.82) is 0 Å². The lowest BCUT2D eigenvalue weighted by Gasteiger charge is -2.22. The minimum absolute atomic E-state index is 0.287. The average molecular weight is 233 g/mol. The van der Waals surface area contributed by atoms with E-state index in [2.05, 4.69) is 32.3 Å². The molecule has 0 amide bonds. The van der Waals surface area contributed by atoms with E-state index in [4.69, 9.17) is 5.11 Å². The fourth-order valence-electron chi connectivity index (χ4n) is 1.64. The van der Waals surface area contributed by atoms with Gasteiger partial charge in [0.05, 0.1) is 0 Å². The third-order valence-electron chi connectivity index (χ3n) is 2.54. The molecule has 0 fully saturated rings. The summed E-state index contributed by atoms with van der Waals surface area (Å²) in [6, 6.07) is 1.03. The van der Waals surface area contributed by atoms with Crippen molar-refractivity contribution in [2.24, 2.45) is 5.92 Å². The van der Waals surface area contributed by atoms with Crippen molar-refractivity contribution < 1.29 is 5.11 Å². The highest BCUT2D eigenvalue weighted by Gasteiger charge is 2.11. The SMILES string of the molecule is CSCC(CCO)NC(C)CCC(C)C. The van der Waals surface area contributed by atoms with Crippen LogP contribution in [0.4, 0.5) is 0 Å². The van der Waals surface area contributed by atoms with E-state index in [1.165, 1.54) is 12.8 Å². The Morgan fingerprint density at radius 3 is 2.27 bits per heavy atom. The third kappa shape index (κ3) is 9.21. The fourth-order valence-corrected chi connectivity index (χ4v) is 2.31. The zero-order chi connectivity index (χ0) is 11.7. The molecule has 0 aliphatic heterocycles. The van der Waals surface area contributed by atoms with Crippen LogP contribution in [0.25, 0.3) is 0 Å². The van der Waals surface area contributed by atoms with Crippen molar-refractivity contribution in [3.05, 3.63) is 0 Å². The summed E-state index contributed by atoms with van der Waals surface area (Å²) in [6.45, 7) is 7.06. The Balaban J connectivity index is 3.72. The van der Waals surface area contributed by atoms with Gasteiger partial charge in [-0.1, -0.05) is 13.8 Å². The molecule has 0 radical (unpaired) electrons. The van der Waals surface area contributed by atoms with Gasteiger partial charge in [0.2, 0.25) is 0 Å².